The number of carbonyl (C=O) groups is 1. The molecule has 3 rings (SSSR count). The topological polar surface area (TPSA) is 85.6 Å². The van der Waals surface area contributed by atoms with Gasteiger partial charge in [-0.1, -0.05) is 72.8 Å². The molecular formula is C24H27N3O3. The Kier molecular flexibility index (Phi) is 7.97. The van der Waals surface area contributed by atoms with Crippen molar-refractivity contribution >= 4 is 11.7 Å². The lowest BCUT2D eigenvalue weighted by Crippen LogP contribution is -2.38. The summed E-state index contributed by atoms with van der Waals surface area (Å²) in [6, 6.07) is 25.7. The highest BCUT2D eigenvalue weighted by Crippen LogP contribution is 2.27. The molecule has 156 valence electrons. The number of nitrogens with two attached hydrogens (primary N) is 1. The van der Waals surface area contributed by atoms with Gasteiger partial charge < -0.3 is 16.4 Å². The first-order chi connectivity index (χ1) is 14.7. The van der Waals surface area contributed by atoms with Crippen molar-refractivity contribution in [2.45, 2.75) is 25.6 Å². The fourth-order valence-corrected chi connectivity index (χ4v) is 3.15. The average molecular weight is 405 g/mol. The summed E-state index contributed by atoms with van der Waals surface area (Å²) in [5.41, 5.74) is 9.96. The highest BCUT2D eigenvalue weighted by molar-refractivity contribution is 5.89. The normalized spacial score (nSPS) is 12.7. The van der Waals surface area contributed by atoms with Gasteiger partial charge in [-0.05, 0) is 35.7 Å². The van der Waals surface area contributed by atoms with E-state index in [1.54, 1.807) is 0 Å². The molecule has 0 aromatic heterocycles. The zero-order valence-corrected chi connectivity index (χ0v) is 17.0. The summed E-state index contributed by atoms with van der Waals surface area (Å²) in [5.74, 6) is 0. The van der Waals surface area contributed by atoms with Crippen LogP contribution in [0.4, 0.5) is 10.5 Å². The lowest BCUT2D eigenvalue weighted by Gasteiger charge is -2.26. The van der Waals surface area contributed by atoms with Gasteiger partial charge in [0.05, 0.1) is 18.7 Å². The van der Waals surface area contributed by atoms with Crippen LogP contribution in [-0.4, -0.2) is 12.6 Å². The lowest BCUT2D eigenvalue weighted by atomic mass is 9.94. The van der Waals surface area contributed by atoms with Crippen molar-refractivity contribution < 1.29 is 14.6 Å². The lowest BCUT2D eigenvalue weighted by molar-refractivity contribution is -0.300. The van der Waals surface area contributed by atoms with Gasteiger partial charge in [0, 0.05) is 5.69 Å². The Labute approximate surface area is 176 Å². The van der Waals surface area contributed by atoms with E-state index < -0.39 is 12.1 Å². The van der Waals surface area contributed by atoms with Gasteiger partial charge in [0.2, 0.25) is 0 Å². The van der Waals surface area contributed by atoms with Gasteiger partial charge in [0.1, 0.15) is 6.61 Å². The zero-order chi connectivity index (χ0) is 21.2. The molecule has 6 nitrogen and oxygen atoms in total. The third-order valence-electron chi connectivity index (χ3n) is 4.60. The van der Waals surface area contributed by atoms with E-state index in [0.717, 1.165) is 16.7 Å². The van der Waals surface area contributed by atoms with Gasteiger partial charge in [0.25, 0.3) is 0 Å². The number of amides is 2. The van der Waals surface area contributed by atoms with Gasteiger partial charge in [-0.15, -0.1) is 0 Å². The Morgan fingerprint density at radius 1 is 0.900 bits per heavy atom. The van der Waals surface area contributed by atoms with Gasteiger partial charge in [-0.2, -0.15) is 0 Å². The van der Waals surface area contributed by atoms with Crippen LogP contribution in [0.25, 0.3) is 0 Å². The molecule has 0 saturated carbocycles. The van der Waals surface area contributed by atoms with E-state index in [-0.39, 0.29) is 6.03 Å². The van der Waals surface area contributed by atoms with Crippen LogP contribution in [0.5, 0.6) is 0 Å². The van der Waals surface area contributed by atoms with Crippen LogP contribution in [0, 0.1) is 0 Å². The molecule has 0 heterocycles. The largest absolute Gasteiger partial charge is 0.329 e. The molecule has 0 aliphatic carbocycles. The van der Waals surface area contributed by atoms with Crippen LogP contribution < -0.4 is 16.4 Å². The third-order valence-corrected chi connectivity index (χ3v) is 4.60. The van der Waals surface area contributed by atoms with E-state index in [2.05, 4.69) is 10.6 Å². The first-order valence-corrected chi connectivity index (χ1v) is 9.93. The van der Waals surface area contributed by atoms with E-state index >= 15 is 0 Å². The average Bonchev–Trinajstić information content (AvgIpc) is 2.79. The molecule has 0 aliphatic rings. The van der Waals surface area contributed by atoms with Crippen molar-refractivity contribution in [2.75, 3.05) is 11.9 Å². The van der Waals surface area contributed by atoms with Crippen molar-refractivity contribution in [3.63, 3.8) is 0 Å². The second-order valence-electron chi connectivity index (χ2n) is 6.79. The number of hydrogen-bond donors (Lipinski definition) is 3. The summed E-state index contributed by atoms with van der Waals surface area (Å²) in [4.78, 5) is 22.8. The number of rotatable bonds is 9. The Morgan fingerprint density at radius 3 is 2.23 bits per heavy atom. The minimum absolute atomic E-state index is 0.302. The molecule has 0 aliphatic heterocycles. The SMILES string of the molecule is CCOOCc1cccc(NC(=O)NC(c2ccccc2)C(N)c2ccccc2)c1. The maximum absolute atomic E-state index is 12.8. The predicted octanol–water partition coefficient (Wildman–Crippen LogP) is 4.72. The highest BCUT2D eigenvalue weighted by atomic mass is 17.2. The molecule has 3 aromatic rings. The summed E-state index contributed by atoms with van der Waals surface area (Å²) in [6.45, 7) is 2.63. The first kappa shape index (κ1) is 21.5. The maximum atomic E-state index is 12.8. The van der Waals surface area contributed by atoms with E-state index in [1.165, 1.54) is 0 Å². The highest BCUT2D eigenvalue weighted by Gasteiger charge is 2.23. The second-order valence-corrected chi connectivity index (χ2v) is 6.79. The number of benzene rings is 3. The van der Waals surface area contributed by atoms with Crippen molar-refractivity contribution in [3.05, 3.63) is 102 Å². The van der Waals surface area contributed by atoms with Gasteiger partial charge in [-0.25, -0.2) is 14.6 Å². The number of urea groups is 1. The van der Waals surface area contributed by atoms with Crippen LogP contribution in [-0.2, 0) is 16.4 Å². The summed E-state index contributed by atoms with van der Waals surface area (Å²) < 4.78 is 0. The number of carbonyl (C=O) groups excluding carboxylic acids is 1. The van der Waals surface area contributed by atoms with Crippen LogP contribution in [0.3, 0.4) is 0 Å². The van der Waals surface area contributed by atoms with Gasteiger partial charge >= 0.3 is 6.03 Å². The molecule has 6 heteroatoms. The minimum atomic E-state index is -0.398. The number of anilines is 1. The Morgan fingerprint density at radius 2 is 1.57 bits per heavy atom. The molecule has 0 radical (unpaired) electrons. The molecular weight excluding hydrogens is 378 g/mol. The first-order valence-electron chi connectivity index (χ1n) is 9.93. The third kappa shape index (κ3) is 6.15. The van der Waals surface area contributed by atoms with E-state index in [1.807, 2.05) is 91.9 Å². The molecule has 4 N–H and O–H groups in total. The summed E-state index contributed by atoms with van der Waals surface area (Å²) in [5, 5.41) is 5.90. The maximum Gasteiger partial charge on any atom is 0.319 e. The Balaban J connectivity index is 1.72. The van der Waals surface area contributed by atoms with E-state index in [0.29, 0.717) is 18.9 Å². The molecule has 0 bridgehead atoms. The molecule has 2 unspecified atom stereocenters. The fourth-order valence-electron chi connectivity index (χ4n) is 3.15. The second kappa shape index (κ2) is 11.1. The Bertz CT molecular complexity index is 919. The van der Waals surface area contributed by atoms with Crippen LogP contribution in [0.1, 0.15) is 35.7 Å². The quantitative estimate of drug-likeness (QED) is 0.273. The standard InChI is InChI=1S/C24H27N3O3/c1-2-29-30-17-18-10-9-15-21(16-18)26-24(28)27-23(20-13-7-4-8-14-20)22(25)19-11-5-3-6-12-19/h3-16,22-23H,2,17,25H2,1H3,(H2,26,27,28). The number of hydrogen-bond acceptors (Lipinski definition) is 4. The minimum Gasteiger partial charge on any atom is -0.329 e. The van der Waals surface area contributed by atoms with Crippen molar-refractivity contribution in [1.82, 2.24) is 5.32 Å². The Hall–Kier alpha value is -3.19. The van der Waals surface area contributed by atoms with Gasteiger partial charge in [0.15, 0.2) is 0 Å². The molecule has 0 spiro atoms. The molecule has 3 aromatic carbocycles. The number of nitrogens with one attached hydrogen (secondary N) is 2. The summed E-state index contributed by atoms with van der Waals surface area (Å²) in [6.07, 6.45) is 0. The van der Waals surface area contributed by atoms with Gasteiger partial charge in [-0.3, -0.25) is 0 Å². The summed E-state index contributed by atoms with van der Waals surface area (Å²) >= 11 is 0. The smallest absolute Gasteiger partial charge is 0.319 e. The molecule has 0 fully saturated rings. The van der Waals surface area contributed by atoms with Crippen LogP contribution in [0.2, 0.25) is 0 Å². The molecule has 2 amide bonds. The van der Waals surface area contributed by atoms with Crippen molar-refractivity contribution in [1.29, 1.82) is 0 Å². The molecule has 0 saturated heterocycles. The van der Waals surface area contributed by atoms with Crippen LogP contribution in [0.15, 0.2) is 84.9 Å². The molecule has 30 heavy (non-hydrogen) atoms. The molecule has 2 atom stereocenters. The van der Waals surface area contributed by atoms with Crippen molar-refractivity contribution in [3.8, 4) is 0 Å². The zero-order valence-electron chi connectivity index (χ0n) is 17.0. The predicted molar refractivity (Wildman–Crippen MR) is 118 cm³/mol. The van der Waals surface area contributed by atoms with Crippen molar-refractivity contribution in [2.24, 2.45) is 5.73 Å². The summed E-state index contributed by atoms with van der Waals surface area (Å²) in [7, 11) is 0. The van der Waals surface area contributed by atoms with E-state index in [9.17, 15) is 4.79 Å². The monoisotopic (exact) mass is 405 g/mol. The van der Waals surface area contributed by atoms with E-state index in [4.69, 9.17) is 15.5 Å². The van der Waals surface area contributed by atoms with Crippen LogP contribution >= 0.6 is 0 Å². The fraction of sp³-hybridized carbons (Fsp3) is 0.208.